The van der Waals surface area contributed by atoms with Gasteiger partial charge in [-0.2, -0.15) is 4.98 Å². The Morgan fingerprint density at radius 1 is 1.30 bits per heavy atom. The number of rotatable bonds is 6. The van der Waals surface area contributed by atoms with Crippen LogP contribution in [0.4, 0.5) is 0 Å². The summed E-state index contributed by atoms with van der Waals surface area (Å²) in [6.07, 6.45) is 2.88. The first-order chi connectivity index (χ1) is 11.2. The van der Waals surface area contributed by atoms with E-state index in [0.717, 1.165) is 37.1 Å². The summed E-state index contributed by atoms with van der Waals surface area (Å²) in [7, 11) is 1.73. The quantitative estimate of drug-likeness (QED) is 0.769. The molecule has 0 aliphatic carbocycles. The fourth-order valence-electron chi connectivity index (χ4n) is 3.06. The molecule has 3 rings (SSSR count). The topological polar surface area (TPSA) is 53.4 Å². The Labute approximate surface area is 135 Å². The molecule has 0 spiro atoms. The predicted octanol–water partition coefficient (Wildman–Crippen LogP) is 2.44. The maximum Gasteiger partial charge on any atom is 0.351 e. The van der Waals surface area contributed by atoms with E-state index in [1.165, 1.54) is 11.1 Å². The summed E-state index contributed by atoms with van der Waals surface area (Å²) in [5.74, 6) is 0.403. The lowest BCUT2D eigenvalue weighted by atomic mass is 9.94. The van der Waals surface area contributed by atoms with Crippen molar-refractivity contribution in [2.75, 3.05) is 20.3 Å². The standard InChI is InChI=1S/C18H22N2O3/c1-3-23-17-12-16-15-7-6-13(5-4-10-22-2)11-14(15)8-9-20(16)18(21)19-17/h6-7,11-12H,3-5,8-10H2,1-2H3. The number of fused-ring (bicyclic) bond motifs is 3. The highest BCUT2D eigenvalue weighted by Crippen LogP contribution is 2.30. The van der Waals surface area contributed by atoms with E-state index in [9.17, 15) is 4.79 Å². The molecule has 1 aliphatic heterocycles. The van der Waals surface area contributed by atoms with Crippen LogP contribution in [0.3, 0.4) is 0 Å². The van der Waals surface area contributed by atoms with Gasteiger partial charge in [0.1, 0.15) is 0 Å². The zero-order valence-corrected chi connectivity index (χ0v) is 13.7. The molecule has 1 aromatic heterocycles. The van der Waals surface area contributed by atoms with E-state index in [1.54, 1.807) is 11.7 Å². The second kappa shape index (κ2) is 6.96. The van der Waals surface area contributed by atoms with Crippen LogP contribution in [0, 0.1) is 0 Å². The van der Waals surface area contributed by atoms with Crippen molar-refractivity contribution in [2.45, 2.75) is 32.7 Å². The van der Waals surface area contributed by atoms with Crippen molar-refractivity contribution in [3.05, 3.63) is 45.9 Å². The van der Waals surface area contributed by atoms with Crippen LogP contribution in [0.1, 0.15) is 24.5 Å². The van der Waals surface area contributed by atoms with Crippen molar-refractivity contribution in [2.24, 2.45) is 0 Å². The van der Waals surface area contributed by atoms with Crippen molar-refractivity contribution >= 4 is 0 Å². The van der Waals surface area contributed by atoms with Crippen molar-refractivity contribution in [1.82, 2.24) is 9.55 Å². The van der Waals surface area contributed by atoms with Crippen LogP contribution in [0.25, 0.3) is 11.3 Å². The first-order valence-corrected chi connectivity index (χ1v) is 8.08. The Balaban J connectivity index is 1.95. The number of aromatic nitrogens is 2. The number of hydrogen-bond donors (Lipinski definition) is 0. The Morgan fingerprint density at radius 2 is 2.17 bits per heavy atom. The molecule has 0 saturated carbocycles. The summed E-state index contributed by atoms with van der Waals surface area (Å²) < 4.78 is 12.3. The van der Waals surface area contributed by atoms with Crippen molar-refractivity contribution in [3.8, 4) is 17.1 Å². The highest BCUT2D eigenvalue weighted by molar-refractivity contribution is 5.67. The molecule has 5 nitrogen and oxygen atoms in total. The third-order valence-electron chi connectivity index (χ3n) is 4.14. The van der Waals surface area contributed by atoms with Crippen LogP contribution in [-0.2, 0) is 24.1 Å². The zero-order valence-electron chi connectivity index (χ0n) is 13.7. The van der Waals surface area contributed by atoms with Crippen LogP contribution >= 0.6 is 0 Å². The molecule has 2 aromatic rings. The number of methoxy groups -OCH3 is 1. The predicted molar refractivity (Wildman–Crippen MR) is 89.0 cm³/mol. The van der Waals surface area contributed by atoms with E-state index in [0.29, 0.717) is 19.0 Å². The summed E-state index contributed by atoms with van der Waals surface area (Å²) in [5.41, 5.74) is 4.37. The van der Waals surface area contributed by atoms with Crippen molar-refractivity contribution in [3.63, 3.8) is 0 Å². The third-order valence-corrected chi connectivity index (χ3v) is 4.14. The number of nitrogens with zero attached hydrogens (tertiary/aromatic N) is 2. The van der Waals surface area contributed by atoms with Gasteiger partial charge < -0.3 is 9.47 Å². The van der Waals surface area contributed by atoms with Gasteiger partial charge in [-0.25, -0.2) is 4.79 Å². The van der Waals surface area contributed by atoms with Crippen LogP contribution in [0.15, 0.2) is 29.1 Å². The van der Waals surface area contributed by atoms with Crippen LogP contribution in [-0.4, -0.2) is 29.9 Å². The molecule has 0 bridgehead atoms. The SMILES string of the molecule is CCOc1cc2n(c(=O)n1)CCc1cc(CCCOC)ccc1-2. The summed E-state index contributed by atoms with van der Waals surface area (Å²) in [4.78, 5) is 16.2. The number of benzene rings is 1. The first-order valence-electron chi connectivity index (χ1n) is 8.08. The summed E-state index contributed by atoms with van der Waals surface area (Å²) in [5, 5.41) is 0. The molecule has 0 amide bonds. The molecule has 1 aromatic carbocycles. The second-order valence-corrected chi connectivity index (χ2v) is 5.68. The minimum absolute atomic E-state index is 0.235. The highest BCUT2D eigenvalue weighted by atomic mass is 16.5. The number of ether oxygens (including phenoxy) is 2. The molecule has 2 heterocycles. The van der Waals surface area contributed by atoms with E-state index in [2.05, 4.69) is 23.2 Å². The Kier molecular flexibility index (Phi) is 4.76. The van der Waals surface area contributed by atoms with E-state index < -0.39 is 0 Å². The van der Waals surface area contributed by atoms with Crippen molar-refractivity contribution in [1.29, 1.82) is 0 Å². The minimum atomic E-state index is -0.235. The fraction of sp³-hybridized carbons (Fsp3) is 0.444. The molecule has 0 fully saturated rings. The third kappa shape index (κ3) is 3.29. The number of aryl methyl sites for hydroxylation is 2. The lowest BCUT2D eigenvalue weighted by Crippen LogP contribution is -2.28. The molecule has 122 valence electrons. The van der Waals surface area contributed by atoms with E-state index in [-0.39, 0.29) is 5.69 Å². The zero-order chi connectivity index (χ0) is 16.2. The van der Waals surface area contributed by atoms with Crippen LogP contribution in [0.5, 0.6) is 5.88 Å². The van der Waals surface area contributed by atoms with Gasteiger partial charge in [0, 0.05) is 31.9 Å². The molecular weight excluding hydrogens is 292 g/mol. The Bertz CT molecular complexity index is 752. The summed E-state index contributed by atoms with van der Waals surface area (Å²) in [6.45, 7) is 3.83. The maximum atomic E-state index is 12.2. The van der Waals surface area contributed by atoms with Gasteiger partial charge in [-0.3, -0.25) is 4.57 Å². The molecule has 0 saturated heterocycles. The smallest absolute Gasteiger partial charge is 0.351 e. The van der Waals surface area contributed by atoms with Gasteiger partial charge in [0.15, 0.2) is 0 Å². The fourth-order valence-corrected chi connectivity index (χ4v) is 3.06. The van der Waals surface area contributed by atoms with E-state index in [4.69, 9.17) is 9.47 Å². The van der Waals surface area contributed by atoms with Gasteiger partial charge >= 0.3 is 5.69 Å². The van der Waals surface area contributed by atoms with Crippen molar-refractivity contribution < 1.29 is 9.47 Å². The lowest BCUT2D eigenvalue weighted by Gasteiger charge is -2.22. The van der Waals surface area contributed by atoms with E-state index in [1.807, 2.05) is 13.0 Å². The molecule has 0 atom stereocenters. The van der Waals surface area contributed by atoms with Crippen LogP contribution < -0.4 is 10.4 Å². The van der Waals surface area contributed by atoms with Gasteiger partial charge in [0.2, 0.25) is 5.88 Å². The molecule has 5 heteroatoms. The normalized spacial score (nSPS) is 12.6. The minimum Gasteiger partial charge on any atom is -0.478 e. The summed E-state index contributed by atoms with van der Waals surface area (Å²) in [6, 6.07) is 8.36. The molecule has 1 aliphatic rings. The maximum absolute atomic E-state index is 12.2. The van der Waals surface area contributed by atoms with Gasteiger partial charge in [-0.05, 0) is 37.3 Å². The Morgan fingerprint density at radius 3 is 2.96 bits per heavy atom. The molecule has 23 heavy (non-hydrogen) atoms. The van der Waals surface area contributed by atoms with E-state index >= 15 is 0 Å². The second-order valence-electron chi connectivity index (χ2n) is 5.68. The van der Waals surface area contributed by atoms with Gasteiger partial charge in [0.25, 0.3) is 0 Å². The lowest BCUT2D eigenvalue weighted by molar-refractivity contribution is 0.195. The van der Waals surface area contributed by atoms with Gasteiger partial charge in [0.05, 0.1) is 12.3 Å². The van der Waals surface area contributed by atoms with Gasteiger partial charge in [-0.1, -0.05) is 18.2 Å². The molecule has 0 N–H and O–H groups in total. The first kappa shape index (κ1) is 15.7. The molecule has 0 radical (unpaired) electrons. The number of hydrogen-bond acceptors (Lipinski definition) is 4. The average Bonchev–Trinajstić information content (AvgIpc) is 2.55. The summed E-state index contributed by atoms with van der Waals surface area (Å²) >= 11 is 0. The highest BCUT2D eigenvalue weighted by Gasteiger charge is 2.19. The molecule has 0 unspecified atom stereocenters. The monoisotopic (exact) mass is 314 g/mol. The van der Waals surface area contributed by atoms with Gasteiger partial charge in [-0.15, -0.1) is 0 Å². The Hall–Kier alpha value is -2.14. The average molecular weight is 314 g/mol. The largest absolute Gasteiger partial charge is 0.478 e. The molecular formula is C18H22N2O3. The van der Waals surface area contributed by atoms with Crippen LogP contribution in [0.2, 0.25) is 0 Å².